The predicted octanol–water partition coefficient (Wildman–Crippen LogP) is 4.02. The zero-order valence-corrected chi connectivity index (χ0v) is 9.36. The summed E-state index contributed by atoms with van der Waals surface area (Å²) < 4.78 is 5.76. The second-order valence-corrected chi connectivity index (χ2v) is 4.59. The van der Waals surface area contributed by atoms with E-state index >= 15 is 0 Å². The smallest absolute Gasteiger partial charge is 0.119 e. The summed E-state index contributed by atoms with van der Waals surface area (Å²) in [6, 6.07) is 14.7. The highest BCUT2D eigenvalue weighted by Gasteiger charge is 2.20. The second-order valence-electron chi connectivity index (χ2n) is 4.59. The van der Waals surface area contributed by atoms with Crippen molar-refractivity contribution in [3.63, 3.8) is 0 Å². The average molecular weight is 212 g/mol. The summed E-state index contributed by atoms with van der Waals surface area (Å²) in [7, 11) is 0. The van der Waals surface area contributed by atoms with Crippen LogP contribution in [-0.4, -0.2) is 6.61 Å². The van der Waals surface area contributed by atoms with Crippen LogP contribution in [-0.2, 0) is 0 Å². The Balaban J connectivity index is 1.71. The fourth-order valence-electron chi connectivity index (χ4n) is 2.01. The summed E-state index contributed by atoms with van der Waals surface area (Å²) in [5.41, 5.74) is 0. The highest BCUT2D eigenvalue weighted by Crippen LogP contribution is 2.32. The van der Waals surface area contributed by atoms with Gasteiger partial charge >= 0.3 is 0 Å². The lowest BCUT2D eigenvalue weighted by atomic mass is 10.1. The Kier molecular flexibility index (Phi) is 2.53. The van der Waals surface area contributed by atoms with Crippen molar-refractivity contribution in [1.29, 1.82) is 0 Å². The van der Waals surface area contributed by atoms with E-state index in [0.29, 0.717) is 0 Å². The molecule has 0 saturated heterocycles. The predicted molar refractivity (Wildman–Crippen MR) is 66.8 cm³/mol. The maximum absolute atomic E-state index is 5.76. The third kappa shape index (κ3) is 2.19. The second kappa shape index (κ2) is 4.17. The molecule has 3 rings (SSSR count). The summed E-state index contributed by atoms with van der Waals surface area (Å²) in [5, 5.41) is 2.53. The van der Waals surface area contributed by atoms with E-state index in [9.17, 15) is 0 Å². The van der Waals surface area contributed by atoms with Gasteiger partial charge in [0.15, 0.2) is 0 Å². The first-order chi connectivity index (χ1) is 7.92. The van der Waals surface area contributed by atoms with E-state index in [1.165, 1.54) is 30.0 Å². The quantitative estimate of drug-likeness (QED) is 0.743. The van der Waals surface area contributed by atoms with Gasteiger partial charge in [0.2, 0.25) is 0 Å². The van der Waals surface area contributed by atoms with Crippen molar-refractivity contribution in [2.75, 3.05) is 6.61 Å². The van der Waals surface area contributed by atoms with Gasteiger partial charge < -0.3 is 4.74 Å². The number of hydrogen-bond acceptors (Lipinski definition) is 1. The maximum Gasteiger partial charge on any atom is 0.119 e. The van der Waals surface area contributed by atoms with E-state index in [0.717, 1.165) is 18.3 Å². The molecule has 0 aromatic heterocycles. The van der Waals surface area contributed by atoms with Crippen molar-refractivity contribution in [2.45, 2.75) is 19.3 Å². The molecule has 1 nitrogen and oxygen atoms in total. The molecule has 1 heteroatoms. The lowest BCUT2D eigenvalue weighted by Crippen LogP contribution is -1.97. The van der Waals surface area contributed by atoms with E-state index in [4.69, 9.17) is 4.74 Å². The standard InChI is InChI=1S/C15H16O/c1-2-4-14-11-15(8-7-13(14)3-1)16-10-9-12-5-6-12/h1-4,7-8,11-12H,5-6,9-10H2. The Morgan fingerprint density at radius 2 is 1.81 bits per heavy atom. The number of benzene rings is 2. The van der Waals surface area contributed by atoms with E-state index in [-0.39, 0.29) is 0 Å². The molecular formula is C15H16O. The molecule has 16 heavy (non-hydrogen) atoms. The van der Waals surface area contributed by atoms with Crippen LogP contribution in [0.1, 0.15) is 19.3 Å². The van der Waals surface area contributed by atoms with E-state index in [1.54, 1.807) is 0 Å². The van der Waals surface area contributed by atoms with Crippen molar-refractivity contribution >= 4 is 10.8 Å². The van der Waals surface area contributed by atoms with E-state index in [2.05, 4.69) is 42.5 Å². The van der Waals surface area contributed by atoms with Gasteiger partial charge in [0.25, 0.3) is 0 Å². The van der Waals surface area contributed by atoms with Crippen LogP contribution < -0.4 is 4.74 Å². The van der Waals surface area contributed by atoms with Gasteiger partial charge in [-0.2, -0.15) is 0 Å². The first-order valence-corrected chi connectivity index (χ1v) is 6.03. The number of rotatable bonds is 4. The molecule has 2 aromatic carbocycles. The molecule has 1 aliphatic carbocycles. The van der Waals surface area contributed by atoms with Crippen molar-refractivity contribution in [2.24, 2.45) is 5.92 Å². The SMILES string of the molecule is c1ccc2cc(OCCC3CC3)ccc2c1. The minimum absolute atomic E-state index is 0.864. The molecule has 0 spiro atoms. The van der Waals surface area contributed by atoms with Crippen LogP contribution in [0.25, 0.3) is 10.8 Å². The molecule has 0 atom stereocenters. The summed E-state index contributed by atoms with van der Waals surface area (Å²) in [6.45, 7) is 0.864. The fourth-order valence-corrected chi connectivity index (χ4v) is 2.01. The summed E-state index contributed by atoms with van der Waals surface area (Å²) in [6.07, 6.45) is 4.02. The molecule has 82 valence electrons. The third-order valence-corrected chi connectivity index (χ3v) is 3.21. The van der Waals surface area contributed by atoms with Gasteiger partial charge in [-0.3, -0.25) is 0 Å². The zero-order valence-electron chi connectivity index (χ0n) is 9.36. The van der Waals surface area contributed by atoms with Crippen molar-refractivity contribution in [1.82, 2.24) is 0 Å². The van der Waals surface area contributed by atoms with Gasteiger partial charge in [-0.1, -0.05) is 43.2 Å². The Labute approximate surface area is 96.0 Å². The fraction of sp³-hybridized carbons (Fsp3) is 0.333. The molecule has 0 aliphatic heterocycles. The molecule has 0 N–H and O–H groups in total. The molecule has 2 aromatic rings. The lowest BCUT2D eigenvalue weighted by Gasteiger charge is -2.06. The Morgan fingerprint density at radius 3 is 2.62 bits per heavy atom. The van der Waals surface area contributed by atoms with Gasteiger partial charge in [-0.05, 0) is 35.2 Å². The van der Waals surface area contributed by atoms with Gasteiger partial charge in [0.1, 0.15) is 5.75 Å². The van der Waals surface area contributed by atoms with Crippen LogP contribution in [0, 0.1) is 5.92 Å². The van der Waals surface area contributed by atoms with Crippen LogP contribution in [0.2, 0.25) is 0 Å². The van der Waals surface area contributed by atoms with Crippen LogP contribution in [0.3, 0.4) is 0 Å². The minimum Gasteiger partial charge on any atom is -0.494 e. The third-order valence-electron chi connectivity index (χ3n) is 3.21. The van der Waals surface area contributed by atoms with Crippen molar-refractivity contribution < 1.29 is 4.74 Å². The molecule has 1 fully saturated rings. The molecule has 1 saturated carbocycles. The van der Waals surface area contributed by atoms with E-state index < -0.39 is 0 Å². The lowest BCUT2D eigenvalue weighted by molar-refractivity contribution is 0.303. The maximum atomic E-state index is 5.76. The van der Waals surface area contributed by atoms with Gasteiger partial charge in [0, 0.05) is 0 Å². The summed E-state index contributed by atoms with van der Waals surface area (Å²) in [5.74, 6) is 1.94. The Hall–Kier alpha value is -1.50. The number of hydrogen-bond donors (Lipinski definition) is 0. The van der Waals surface area contributed by atoms with Gasteiger partial charge in [0.05, 0.1) is 6.61 Å². The van der Waals surface area contributed by atoms with Crippen LogP contribution in [0.5, 0.6) is 5.75 Å². The molecule has 0 radical (unpaired) electrons. The largest absolute Gasteiger partial charge is 0.494 e. The van der Waals surface area contributed by atoms with Crippen molar-refractivity contribution in [3.05, 3.63) is 42.5 Å². The van der Waals surface area contributed by atoms with Crippen LogP contribution in [0.4, 0.5) is 0 Å². The summed E-state index contributed by atoms with van der Waals surface area (Å²) >= 11 is 0. The molecule has 0 amide bonds. The molecule has 1 aliphatic rings. The van der Waals surface area contributed by atoms with E-state index in [1.807, 2.05) is 0 Å². The highest BCUT2D eigenvalue weighted by molar-refractivity contribution is 5.83. The van der Waals surface area contributed by atoms with Crippen LogP contribution in [0.15, 0.2) is 42.5 Å². The average Bonchev–Trinajstić information content (AvgIpc) is 3.13. The summed E-state index contributed by atoms with van der Waals surface area (Å²) in [4.78, 5) is 0. The monoisotopic (exact) mass is 212 g/mol. The molecule has 0 unspecified atom stereocenters. The first-order valence-electron chi connectivity index (χ1n) is 6.03. The number of ether oxygens (including phenoxy) is 1. The zero-order chi connectivity index (χ0) is 10.8. The Morgan fingerprint density at radius 1 is 1.00 bits per heavy atom. The van der Waals surface area contributed by atoms with Gasteiger partial charge in [-0.15, -0.1) is 0 Å². The Bertz CT molecular complexity index is 486. The normalized spacial score (nSPS) is 15.2. The topological polar surface area (TPSA) is 9.23 Å². The highest BCUT2D eigenvalue weighted by atomic mass is 16.5. The van der Waals surface area contributed by atoms with Crippen LogP contribution >= 0.6 is 0 Å². The minimum atomic E-state index is 0.864. The molecular weight excluding hydrogens is 196 g/mol. The van der Waals surface area contributed by atoms with Gasteiger partial charge in [-0.25, -0.2) is 0 Å². The molecule has 0 bridgehead atoms. The molecule has 0 heterocycles. The number of fused-ring (bicyclic) bond motifs is 1. The van der Waals surface area contributed by atoms with Crippen molar-refractivity contribution in [3.8, 4) is 5.75 Å². The first kappa shape index (κ1) is 9.71.